The van der Waals surface area contributed by atoms with Crippen LogP contribution in [0.5, 0.6) is 0 Å². The molecule has 5 nitrogen and oxygen atoms in total. The maximum atomic E-state index is 10.0. The third kappa shape index (κ3) is 3.24. The van der Waals surface area contributed by atoms with Crippen LogP contribution in [0.2, 0.25) is 0 Å². The van der Waals surface area contributed by atoms with Gasteiger partial charge in [-0.1, -0.05) is 30.3 Å². The lowest BCUT2D eigenvalue weighted by molar-refractivity contribution is -0.393. The molecule has 0 aliphatic carbocycles. The number of aliphatic hydroxyl groups is 1. The molecule has 0 saturated carbocycles. The van der Waals surface area contributed by atoms with E-state index in [4.69, 9.17) is 14.2 Å². The average molecular weight is 335 g/mol. The summed E-state index contributed by atoms with van der Waals surface area (Å²) in [5, 5.41) is 10.0. The molecule has 2 fully saturated rings. The van der Waals surface area contributed by atoms with Crippen LogP contribution >= 0.6 is 0 Å². The smallest absolute Gasteiger partial charge is 0.292 e. The van der Waals surface area contributed by atoms with Crippen LogP contribution in [-0.4, -0.2) is 62.0 Å². The van der Waals surface area contributed by atoms with E-state index in [1.165, 1.54) is 12.8 Å². The SMILES string of the molecule is COC(OC)(O[C@H]1C[C@H]2CC[C@@H](C1)N2C)C(CO)c1ccccc1. The van der Waals surface area contributed by atoms with Crippen LogP contribution in [0.4, 0.5) is 0 Å². The maximum Gasteiger partial charge on any atom is 0.292 e. The molecule has 0 amide bonds. The first-order chi connectivity index (χ1) is 11.6. The fraction of sp³-hybridized carbons (Fsp3) is 0.684. The zero-order valence-corrected chi connectivity index (χ0v) is 14.9. The molecule has 0 aromatic heterocycles. The zero-order valence-electron chi connectivity index (χ0n) is 14.9. The van der Waals surface area contributed by atoms with Gasteiger partial charge in [0.2, 0.25) is 0 Å². The molecule has 2 bridgehead atoms. The molecule has 1 aromatic carbocycles. The van der Waals surface area contributed by atoms with Crippen LogP contribution in [0.15, 0.2) is 30.3 Å². The number of fused-ring (bicyclic) bond motifs is 2. The van der Waals surface area contributed by atoms with Crippen LogP contribution < -0.4 is 0 Å². The number of piperidine rings is 1. The number of nitrogens with zero attached hydrogens (tertiary/aromatic N) is 1. The van der Waals surface area contributed by atoms with Crippen molar-refractivity contribution in [3.8, 4) is 0 Å². The minimum Gasteiger partial charge on any atom is -0.395 e. The molecular formula is C19H29NO4. The molecule has 134 valence electrons. The third-order valence-electron chi connectivity index (χ3n) is 5.77. The lowest BCUT2D eigenvalue weighted by atomic mass is 9.95. The molecule has 24 heavy (non-hydrogen) atoms. The monoisotopic (exact) mass is 335 g/mol. The molecule has 5 heteroatoms. The molecule has 0 spiro atoms. The van der Waals surface area contributed by atoms with Crippen molar-refractivity contribution in [2.24, 2.45) is 0 Å². The van der Waals surface area contributed by atoms with Crippen molar-refractivity contribution in [1.29, 1.82) is 0 Å². The van der Waals surface area contributed by atoms with Crippen LogP contribution in [0.1, 0.15) is 37.2 Å². The van der Waals surface area contributed by atoms with E-state index in [-0.39, 0.29) is 12.7 Å². The summed E-state index contributed by atoms with van der Waals surface area (Å²) in [5.74, 6) is -1.66. The molecule has 2 aliphatic rings. The Morgan fingerprint density at radius 3 is 2.21 bits per heavy atom. The second-order valence-electron chi connectivity index (χ2n) is 6.92. The second kappa shape index (κ2) is 7.50. The van der Waals surface area contributed by atoms with Crippen molar-refractivity contribution >= 4 is 0 Å². The van der Waals surface area contributed by atoms with Crippen LogP contribution in [0, 0.1) is 0 Å². The lowest BCUT2D eigenvalue weighted by Crippen LogP contribution is -2.51. The van der Waals surface area contributed by atoms with E-state index in [1.807, 2.05) is 30.3 Å². The minimum atomic E-state index is -1.27. The van der Waals surface area contributed by atoms with E-state index in [1.54, 1.807) is 14.2 Å². The molecule has 2 aliphatic heterocycles. The van der Waals surface area contributed by atoms with Gasteiger partial charge >= 0.3 is 0 Å². The third-order valence-corrected chi connectivity index (χ3v) is 5.77. The Bertz CT molecular complexity index is 505. The standard InChI is InChI=1S/C19H29NO4/c1-20-15-9-10-16(20)12-17(11-15)24-19(22-2,23-3)18(13-21)14-7-5-4-6-8-14/h4-8,15-18,21H,9-13H2,1-3H3/t15-,16+,17+,18?. The number of hydrogen-bond acceptors (Lipinski definition) is 5. The van der Waals surface area contributed by atoms with Gasteiger partial charge in [-0.2, -0.15) is 0 Å². The van der Waals surface area contributed by atoms with Crippen LogP contribution in [0.3, 0.4) is 0 Å². The minimum absolute atomic E-state index is 0.0800. The van der Waals surface area contributed by atoms with Gasteiger partial charge in [-0.3, -0.25) is 0 Å². The topological polar surface area (TPSA) is 51.2 Å². The molecular weight excluding hydrogens is 306 g/mol. The first-order valence-electron chi connectivity index (χ1n) is 8.79. The summed E-state index contributed by atoms with van der Waals surface area (Å²) in [6.07, 6.45) is 4.51. The molecule has 2 saturated heterocycles. The van der Waals surface area contributed by atoms with Gasteiger partial charge in [-0.15, -0.1) is 0 Å². The highest BCUT2D eigenvalue weighted by Gasteiger charge is 2.47. The van der Waals surface area contributed by atoms with E-state index in [0.29, 0.717) is 12.1 Å². The van der Waals surface area contributed by atoms with Gasteiger partial charge in [0, 0.05) is 26.3 Å². The molecule has 1 aromatic rings. The van der Waals surface area contributed by atoms with Crippen molar-refractivity contribution in [3.05, 3.63) is 35.9 Å². The Kier molecular flexibility index (Phi) is 5.57. The summed E-state index contributed by atoms with van der Waals surface area (Å²) >= 11 is 0. The van der Waals surface area contributed by atoms with Crippen molar-refractivity contribution in [3.63, 3.8) is 0 Å². The van der Waals surface area contributed by atoms with Gasteiger partial charge in [0.25, 0.3) is 5.97 Å². The van der Waals surface area contributed by atoms with Gasteiger partial charge in [-0.05, 0) is 38.3 Å². The maximum absolute atomic E-state index is 10.0. The Balaban J connectivity index is 1.80. The first-order valence-corrected chi connectivity index (χ1v) is 8.79. The largest absolute Gasteiger partial charge is 0.395 e. The summed E-state index contributed by atoms with van der Waals surface area (Å²) < 4.78 is 17.8. The quantitative estimate of drug-likeness (QED) is 0.775. The van der Waals surface area contributed by atoms with E-state index in [9.17, 15) is 5.11 Å². The highest BCUT2D eigenvalue weighted by molar-refractivity contribution is 5.21. The first kappa shape index (κ1) is 17.8. The number of aliphatic hydroxyl groups excluding tert-OH is 1. The summed E-state index contributed by atoms with van der Waals surface area (Å²) in [7, 11) is 5.37. The van der Waals surface area contributed by atoms with Crippen molar-refractivity contribution < 1.29 is 19.3 Å². The summed E-state index contributed by atoms with van der Waals surface area (Å²) in [5.41, 5.74) is 0.944. The molecule has 3 rings (SSSR count). The van der Waals surface area contributed by atoms with Gasteiger partial charge in [0.1, 0.15) is 0 Å². The fourth-order valence-electron chi connectivity index (χ4n) is 4.34. The van der Waals surface area contributed by atoms with E-state index in [2.05, 4.69) is 11.9 Å². The van der Waals surface area contributed by atoms with Crippen molar-refractivity contribution in [2.45, 2.75) is 55.8 Å². The highest BCUT2D eigenvalue weighted by Crippen LogP contribution is 2.40. The average Bonchev–Trinajstić information content (AvgIpc) is 2.84. The lowest BCUT2D eigenvalue weighted by Gasteiger charge is -2.43. The van der Waals surface area contributed by atoms with Gasteiger partial charge in [0.05, 0.1) is 18.6 Å². The molecule has 1 unspecified atom stereocenters. The molecule has 1 N–H and O–H groups in total. The van der Waals surface area contributed by atoms with Crippen LogP contribution in [0.25, 0.3) is 0 Å². The van der Waals surface area contributed by atoms with E-state index < -0.39 is 11.9 Å². The van der Waals surface area contributed by atoms with E-state index in [0.717, 1.165) is 18.4 Å². The summed E-state index contributed by atoms with van der Waals surface area (Å²) in [6, 6.07) is 10.9. The predicted molar refractivity (Wildman–Crippen MR) is 91.7 cm³/mol. The fourth-order valence-corrected chi connectivity index (χ4v) is 4.34. The predicted octanol–water partition coefficient (Wildman–Crippen LogP) is 2.35. The number of methoxy groups -OCH3 is 2. The number of hydrogen-bond donors (Lipinski definition) is 1. The second-order valence-corrected chi connectivity index (χ2v) is 6.92. The van der Waals surface area contributed by atoms with Gasteiger partial charge in [-0.25, -0.2) is 0 Å². The zero-order chi connectivity index (χ0) is 17.2. The van der Waals surface area contributed by atoms with Crippen molar-refractivity contribution in [1.82, 2.24) is 4.90 Å². The number of ether oxygens (including phenoxy) is 3. The van der Waals surface area contributed by atoms with E-state index >= 15 is 0 Å². The number of rotatable bonds is 7. The Hall–Kier alpha value is -0.980. The summed E-state index contributed by atoms with van der Waals surface area (Å²) in [6.45, 7) is -0.106. The molecule has 2 heterocycles. The van der Waals surface area contributed by atoms with Crippen LogP contribution in [-0.2, 0) is 14.2 Å². The van der Waals surface area contributed by atoms with Gasteiger partial charge in [0.15, 0.2) is 0 Å². The Morgan fingerprint density at radius 2 is 1.71 bits per heavy atom. The van der Waals surface area contributed by atoms with Crippen molar-refractivity contribution in [2.75, 3.05) is 27.9 Å². The Labute approximate surface area is 144 Å². The molecule has 0 radical (unpaired) electrons. The van der Waals surface area contributed by atoms with Gasteiger partial charge < -0.3 is 24.2 Å². The normalized spacial score (nSPS) is 28.9. The highest BCUT2D eigenvalue weighted by atomic mass is 16.9. The Morgan fingerprint density at radius 1 is 1.12 bits per heavy atom. The number of benzene rings is 1. The molecule has 4 atom stereocenters. The summed E-state index contributed by atoms with van der Waals surface area (Å²) in [4.78, 5) is 2.47.